The molecule has 0 radical (unpaired) electrons. The summed E-state index contributed by atoms with van der Waals surface area (Å²) in [6.45, 7) is 5.42. The van der Waals surface area contributed by atoms with Crippen LogP contribution in [0.1, 0.15) is 26.2 Å². The summed E-state index contributed by atoms with van der Waals surface area (Å²) < 4.78 is 12.6. The Bertz CT molecular complexity index is 338. The maximum atomic E-state index is 12.6. The highest BCUT2D eigenvalue weighted by atomic mass is 19.1. The summed E-state index contributed by atoms with van der Waals surface area (Å²) in [4.78, 5) is 4.30. The zero-order chi connectivity index (χ0) is 12.0. The predicted octanol–water partition coefficient (Wildman–Crippen LogP) is 2.96. The summed E-state index contributed by atoms with van der Waals surface area (Å²) in [5.74, 6) is -0.252. The number of hydrogen-bond acceptors (Lipinski definition) is 2. The second kappa shape index (κ2) is 6.38. The molecule has 0 aromatic heterocycles. The molecule has 1 rings (SSSR count). The third-order valence-corrected chi connectivity index (χ3v) is 2.56. The van der Waals surface area contributed by atoms with Gasteiger partial charge in [0, 0.05) is 6.61 Å². The van der Waals surface area contributed by atoms with Gasteiger partial charge in [0.15, 0.2) is 0 Å². The van der Waals surface area contributed by atoms with E-state index in [0.29, 0.717) is 6.42 Å². The monoisotopic (exact) mass is 223 g/mol. The van der Waals surface area contributed by atoms with Crippen molar-refractivity contribution >= 4 is 6.21 Å². The molecule has 1 aliphatic rings. The molecule has 2 nitrogen and oxygen atoms in total. The zero-order valence-corrected chi connectivity index (χ0v) is 9.62. The largest absolute Gasteiger partial charge is 0.396 e. The van der Waals surface area contributed by atoms with Crippen LogP contribution in [0.3, 0.4) is 0 Å². The zero-order valence-electron chi connectivity index (χ0n) is 9.62. The quantitative estimate of drug-likeness (QED) is 0.714. The minimum atomic E-state index is -0.252. The number of hydrogen-bond donors (Lipinski definition) is 1. The van der Waals surface area contributed by atoms with Crippen LogP contribution in [-0.4, -0.2) is 24.0 Å². The smallest absolute Gasteiger partial charge is 0.0968 e. The van der Waals surface area contributed by atoms with Crippen molar-refractivity contribution in [2.45, 2.75) is 32.2 Å². The fourth-order valence-corrected chi connectivity index (χ4v) is 1.67. The fourth-order valence-electron chi connectivity index (χ4n) is 1.67. The van der Waals surface area contributed by atoms with E-state index in [-0.39, 0.29) is 18.5 Å². The van der Waals surface area contributed by atoms with Gasteiger partial charge in [-0.3, -0.25) is 4.99 Å². The number of nitrogens with zero attached hydrogens (tertiary/aromatic N) is 1. The first kappa shape index (κ1) is 12.8. The van der Waals surface area contributed by atoms with Gasteiger partial charge in [-0.2, -0.15) is 0 Å². The minimum absolute atomic E-state index is 0.0421. The van der Waals surface area contributed by atoms with Crippen LogP contribution in [-0.2, 0) is 0 Å². The van der Waals surface area contributed by atoms with Gasteiger partial charge in [-0.1, -0.05) is 12.7 Å². The van der Waals surface area contributed by atoms with Crippen LogP contribution in [0.5, 0.6) is 0 Å². The van der Waals surface area contributed by atoms with Crippen LogP contribution in [0.4, 0.5) is 4.39 Å². The molecule has 0 spiro atoms. The summed E-state index contributed by atoms with van der Waals surface area (Å²) in [6, 6.07) is 0.103. The molecule has 1 N–H and O–H groups in total. The van der Waals surface area contributed by atoms with Gasteiger partial charge in [-0.25, -0.2) is 4.39 Å². The fraction of sp³-hybridized carbons (Fsp3) is 0.462. The van der Waals surface area contributed by atoms with Crippen molar-refractivity contribution in [3.8, 4) is 0 Å². The molecule has 0 aromatic rings. The van der Waals surface area contributed by atoms with Crippen molar-refractivity contribution in [1.82, 2.24) is 0 Å². The van der Waals surface area contributed by atoms with Crippen LogP contribution in [0, 0.1) is 0 Å². The summed E-state index contributed by atoms with van der Waals surface area (Å²) in [7, 11) is 0. The predicted molar refractivity (Wildman–Crippen MR) is 65.3 cm³/mol. The summed E-state index contributed by atoms with van der Waals surface area (Å²) in [5, 5.41) is 8.96. The van der Waals surface area contributed by atoms with Crippen LogP contribution >= 0.6 is 0 Å². The molecule has 0 amide bonds. The van der Waals surface area contributed by atoms with Gasteiger partial charge < -0.3 is 5.11 Å². The number of allylic oxidation sites excluding steroid dienone is 3. The Morgan fingerprint density at radius 2 is 2.38 bits per heavy atom. The number of rotatable bonds is 5. The summed E-state index contributed by atoms with van der Waals surface area (Å²) >= 11 is 0. The lowest BCUT2D eigenvalue weighted by Crippen LogP contribution is -2.07. The average Bonchev–Trinajstić information content (AvgIpc) is 2.76. The molecule has 0 aromatic carbocycles. The van der Waals surface area contributed by atoms with E-state index in [1.54, 1.807) is 6.08 Å². The molecule has 88 valence electrons. The molecule has 1 atom stereocenters. The maximum absolute atomic E-state index is 12.6. The van der Waals surface area contributed by atoms with Crippen LogP contribution in [0.15, 0.2) is 40.7 Å². The van der Waals surface area contributed by atoms with Crippen LogP contribution < -0.4 is 0 Å². The van der Waals surface area contributed by atoms with Gasteiger partial charge in [0.2, 0.25) is 0 Å². The maximum Gasteiger partial charge on any atom is 0.0968 e. The number of aliphatic hydroxyl groups excluding tert-OH is 1. The normalized spacial score (nSPS) is 21.6. The molecule has 0 fully saturated rings. The first-order valence-electron chi connectivity index (χ1n) is 5.49. The molecule has 0 aliphatic carbocycles. The highest BCUT2D eigenvalue weighted by Gasteiger charge is 2.16. The van der Waals surface area contributed by atoms with Gasteiger partial charge in [0.05, 0.1) is 11.9 Å². The number of halogens is 1. The molecule has 0 saturated carbocycles. The van der Waals surface area contributed by atoms with E-state index in [1.807, 2.05) is 6.21 Å². The molecular weight excluding hydrogens is 205 g/mol. The molecule has 3 heteroatoms. The Morgan fingerprint density at radius 1 is 1.62 bits per heavy atom. The lowest BCUT2D eigenvalue weighted by Gasteiger charge is -2.13. The van der Waals surface area contributed by atoms with Crippen LogP contribution in [0.25, 0.3) is 0 Å². The van der Waals surface area contributed by atoms with Crippen LogP contribution in [0.2, 0.25) is 0 Å². The first-order chi connectivity index (χ1) is 7.65. The summed E-state index contributed by atoms with van der Waals surface area (Å²) in [6.07, 6.45) is 7.39. The highest BCUT2D eigenvalue weighted by Crippen LogP contribution is 2.24. The van der Waals surface area contributed by atoms with Gasteiger partial charge >= 0.3 is 0 Å². The SMILES string of the molecule is C=C(/C(=C\C=C(/C)F)CCO)[C@H]1CCC=N1. The second-order valence-electron chi connectivity index (χ2n) is 3.87. The van der Waals surface area contributed by atoms with E-state index in [0.717, 1.165) is 24.0 Å². The Kier molecular flexibility index (Phi) is 5.12. The average molecular weight is 223 g/mol. The van der Waals surface area contributed by atoms with Crippen molar-refractivity contribution in [2.75, 3.05) is 6.61 Å². The van der Waals surface area contributed by atoms with E-state index in [1.165, 1.54) is 13.0 Å². The number of aliphatic imine (C=N–C) groups is 1. The van der Waals surface area contributed by atoms with E-state index in [4.69, 9.17) is 5.11 Å². The van der Waals surface area contributed by atoms with Gasteiger partial charge in [-0.15, -0.1) is 0 Å². The topological polar surface area (TPSA) is 32.6 Å². The third-order valence-electron chi connectivity index (χ3n) is 2.56. The lowest BCUT2D eigenvalue weighted by molar-refractivity contribution is 0.299. The first-order valence-corrected chi connectivity index (χ1v) is 5.49. The van der Waals surface area contributed by atoms with E-state index < -0.39 is 0 Å². The Balaban J connectivity index is 2.76. The Morgan fingerprint density at radius 3 is 2.88 bits per heavy atom. The van der Waals surface area contributed by atoms with Crippen molar-refractivity contribution in [1.29, 1.82) is 0 Å². The Labute approximate surface area is 95.9 Å². The van der Waals surface area contributed by atoms with Crippen molar-refractivity contribution in [2.24, 2.45) is 4.99 Å². The van der Waals surface area contributed by atoms with E-state index in [9.17, 15) is 4.39 Å². The molecular formula is C13H18FNO. The second-order valence-corrected chi connectivity index (χ2v) is 3.87. The van der Waals surface area contributed by atoms with E-state index >= 15 is 0 Å². The molecule has 1 heterocycles. The molecule has 0 unspecified atom stereocenters. The van der Waals surface area contributed by atoms with Crippen molar-refractivity contribution in [3.05, 3.63) is 35.7 Å². The molecule has 16 heavy (non-hydrogen) atoms. The minimum Gasteiger partial charge on any atom is -0.396 e. The van der Waals surface area contributed by atoms with Gasteiger partial charge in [0.1, 0.15) is 0 Å². The van der Waals surface area contributed by atoms with E-state index in [2.05, 4.69) is 11.6 Å². The molecule has 0 bridgehead atoms. The highest BCUT2D eigenvalue weighted by molar-refractivity contribution is 5.61. The number of aliphatic hydroxyl groups is 1. The standard InChI is InChI=1S/C13H18FNO/c1-10(14)5-6-12(7-9-16)11(2)13-4-3-8-15-13/h5-6,8,13,16H,2-4,7,9H2,1H3/b10-5+,12-6-/t13-/m1/s1. The Hall–Kier alpha value is -1.22. The molecule has 0 saturated heterocycles. The third kappa shape index (κ3) is 3.74. The van der Waals surface area contributed by atoms with Crippen molar-refractivity contribution in [3.63, 3.8) is 0 Å². The van der Waals surface area contributed by atoms with Gasteiger partial charge in [0.25, 0.3) is 0 Å². The molecule has 1 aliphatic heterocycles. The van der Waals surface area contributed by atoms with Gasteiger partial charge in [-0.05, 0) is 49.6 Å². The summed E-state index contributed by atoms with van der Waals surface area (Å²) in [5.41, 5.74) is 1.77. The lowest BCUT2D eigenvalue weighted by atomic mass is 9.96. The van der Waals surface area contributed by atoms with Crippen molar-refractivity contribution < 1.29 is 9.50 Å².